The van der Waals surface area contributed by atoms with E-state index >= 15 is 0 Å². The molecule has 0 fully saturated rings. The number of rotatable bonds is 5. The standard InChI is InChI=1S/C17H23N5/c1-12(2)8-9-18-16-11-19-21-17(20-16)22-13(3)10-14-6-4-5-7-15(14)22/h4-7,11-13H,8-10H2,1-3H3,(H,18,20,21). The lowest BCUT2D eigenvalue weighted by atomic mass is 10.1. The molecule has 1 aromatic carbocycles. The molecule has 0 bridgehead atoms. The van der Waals surface area contributed by atoms with Crippen LogP contribution in [0, 0.1) is 5.92 Å². The van der Waals surface area contributed by atoms with Crippen LogP contribution in [0.2, 0.25) is 0 Å². The van der Waals surface area contributed by atoms with Crippen LogP contribution < -0.4 is 10.2 Å². The molecule has 2 heterocycles. The molecule has 1 aliphatic heterocycles. The van der Waals surface area contributed by atoms with Crippen molar-refractivity contribution in [2.75, 3.05) is 16.8 Å². The third-order valence-corrected chi connectivity index (χ3v) is 4.00. The SMILES string of the molecule is CC(C)CCNc1cnnc(N2c3ccccc3CC2C)n1. The van der Waals surface area contributed by atoms with E-state index in [2.05, 4.69) is 70.4 Å². The van der Waals surface area contributed by atoms with Gasteiger partial charge in [-0.25, -0.2) is 0 Å². The molecular formula is C17H23N5. The topological polar surface area (TPSA) is 53.9 Å². The second kappa shape index (κ2) is 6.30. The van der Waals surface area contributed by atoms with Crippen molar-refractivity contribution < 1.29 is 0 Å². The van der Waals surface area contributed by atoms with E-state index < -0.39 is 0 Å². The lowest BCUT2D eigenvalue weighted by molar-refractivity contribution is 0.606. The molecule has 0 aliphatic carbocycles. The molecule has 0 saturated heterocycles. The van der Waals surface area contributed by atoms with E-state index in [0.29, 0.717) is 17.9 Å². The molecule has 1 N–H and O–H groups in total. The fraction of sp³-hybridized carbons (Fsp3) is 0.471. The first-order valence-corrected chi connectivity index (χ1v) is 7.96. The zero-order valence-electron chi connectivity index (χ0n) is 13.5. The average Bonchev–Trinajstić information content (AvgIpc) is 2.83. The van der Waals surface area contributed by atoms with Crippen molar-refractivity contribution in [3.63, 3.8) is 0 Å². The van der Waals surface area contributed by atoms with Gasteiger partial charge in [0, 0.05) is 18.3 Å². The fourth-order valence-corrected chi connectivity index (χ4v) is 2.84. The fourth-order valence-electron chi connectivity index (χ4n) is 2.84. The number of anilines is 3. The number of hydrogen-bond donors (Lipinski definition) is 1. The van der Waals surface area contributed by atoms with Crippen LogP contribution in [0.1, 0.15) is 32.8 Å². The van der Waals surface area contributed by atoms with Crippen LogP contribution in [0.25, 0.3) is 0 Å². The minimum atomic E-state index is 0.352. The maximum absolute atomic E-state index is 4.64. The number of nitrogens with one attached hydrogen (secondary N) is 1. The van der Waals surface area contributed by atoms with E-state index in [1.807, 2.05) is 0 Å². The summed E-state index contributed by atoms with van der Waals surface area (Å²) in [5.74, 6) is 2.14. The minimum absolute atomic E-state index is 0.352. The van der Waals surface area contributed by atoms with E-state index in [1.165, 1.54) is 11.3 Å². The Kier molecular flexibility index (Phi) is 4.22. The Bertz CT molecular complexity index is 640. The van der Waals surface area contributed by atoms with E-state index in [-0.39, 0.29) is 0 Å². The quantitative estimate of drug-likeness (QED) is 0.916. The van der Waals surface area contributed by atoms with Crippen molar-refractivity contribution >= 4 is 17.5 Å². The van der Waals surface area contributed by atoms with Crippen molar-refractivity contribution in [3.8, 4) is 0 Å². The van der Waals surface area contributed by atoms with Gasteiger partial charge in [0.25, 0.3) is 5.95 Å². The lowest BCUT2D eigenvalue weighted by Gasteiger charge is -2.22. The smallest absolute Gasteiger partial charge is 0.252 e. The van der Waals surface area contributed by atoms with E-state index in [9.17, 15) is 0 Å². The van der Waals surface area contributed by atoms with Gasteiger partial charge in [-0.15, -0.1) is 5.10 Å². The van der Waals surface area contributed by atoms with Gasteiger partial charge >= 0.3 is 0 Å². The first-order chi connectivity index (χ1) is 10.6. The summed E-state index contributed by atoms with van der Waals surface area (Å²) in [6, 6.07) is 8.79. The first kappa shape index (κ1) is 14.8. The predicted octanol–water partition coefficient (Wildman–Crippen LogP) is 3.41. The maximum Gasteiger partial charge on any atom is 0.252 e. The van der Waals surface area contributed by atoms with Crippen LogP contribution in [0.3, 0.4) is 0 Å². The van der Waals surface area contributed by atoms with Crippen LogP contribution >= 0.6 is 0 Å². The Balaban J connectivity index is 1.80. The Morgan fingerprint density at radius 2 is 2.14 bits per heavy atom. The van der Waals surface area contributed by atoms with Crippen LogP contribution in [0.15, 0.2) is 30.5 Å². The van der Waals surface area contributed by atoms with Crippen LogP contribution in [-0.2, 0) is 6.42 Å². The number of aromatic nitrogens is 3. The van der Waals surface area contributed by atoms with Crippen LogP contribution in [0.5, 0.6) is 0 Å². The average molecular weight is 297 g/mol. The summed E-state index contributed by atoms with van der Waals surface area (Å²) in [5, 5.41) is 11.7. The zero-order chi connectivity index (χ0) is 15.5. The van der Waals surface area contributed by atoms with Crippen LogP contribution in [0.4, 0.5) is 17.5 Å². The Morgan fingerprint density at radius 3 is 2.95 bits per heavy atom. The van der Waals surface area contributed by atoms with Gasteiger partial charge in [-0.3, -0.25) is 0 Å². The molecule has 1 unspecified atom stereocenters. The van der Waals surface area contributed by atoms with Gasteiger partial charge in [0.2, 0.25) is 0 Å². The highest BCUT2D eigenvalue weighted by molar-refractivity contribution is 5.67. The number of benzene rings is 1. The second-order valence-corrected chi connectivity index (χ2v) is 6.30. The highest BCUT2D eigenvalue weighted by Crippen LogP contribution is 2.36. The van der Waals surface area contributed by atoms with E-state index in [4.69, 9.17) is 0 Å². The van der Waals surface area contributed by atoms with Gasteiger partial charge in [0.15, 0.2) is 5.82 Å². The summed E-state index contributed by atoms with van der Waals surface area (Å²) in [5.41, 5.74) is 2.54. The molecule has 0 amide bonds. The zero-order valence-corrected chi connectivity index (χ0v) is 13.5. The Morgan fingerprint density at radius 1 is 1.32 bits per heavy atom. The molecular weight excluding hydrogens is 274 g/mol. The molecule has 3 rings (SSSR count). The predicted molar refractivity (Wildman–Crippen MR) is 89.5 cm³/mol. The molecule has 1 aromatic heterocycles. The summed E-state index contributed by atoms with van der Waals surface area (Å²) in [6.07, 6.45) is 3.82. The number of para-hydroxylation sites is 1. The number of hydrogen-bond acceptors (Lipinski definition) is 5. The van der Waals surface area contributed by atoms with Gasteiger partial charge in [-0.1, -0.05) is 32.0 Å². The molecule has 5 heteroatoms. The van der Waals surface area contributed by atoms with E-state index in [1.54, 1.807) is 6.20 Å². The summed E-state index contributed by atoms with van der Waals surface area (Å²) in [6.45, 7) is 7.53. The number of fused-ring (bicyclic) bond motifs is 1. The van der Waals surface area contributed by atoms with Crippen molar-refractivity contribution in [1.82, 2.24) is 15.2 Å². The minimum Gasteiger partial charge on any atom is -0.369 e. The van der Waals surface area contributed by atoms with Gasteiger partial charge in [-0.05, 0) is 37.3 Å². The van der Waals surface area contributed by atoms with Crippen molar-refractivity contribution in [2.45, 2.75) is 39.7 Å². The Hall–Kier alpha value is -2.17. The highest BCUT2D eigenvalue weighted by Gasteiger charge is 2.28. The molecule has 2 aromatic rings. The third kappa shape index (κ3) is 3.03. The summed E-state index contributed by atoms with van der Waals surface area (Å²) < 4.78 is 0. The molecule has 0 spiro atoms. The maximum atomic E-state index is 4.64. The van der Waals surface area contributed by atoms with Crippen molar-refractivity contribution in [3.05, 3.63) is 36.0 Å². The summed E-state index contributed by atoms with van der Waals surface area (Å²) in [7, 11) is 0. The lowest BCUT2D eigenvalue weighted by Crippen LogP contribution is -2.26. The molecule has 0 radical (unpaired) electrons. The normalized spacial score (nSPS) is 16.9. The van der Waals surface area contributed by atoms with Gasteiger partial charge < -0.3 is 10.2 Å². The van der Waals surface area contributed by atoms with Crippen molar-refractivity contribution in [1.29, 1.82) is 0 Å². The van der Waals surface area contributed by atoms with Gasteiger partial charge in [0.1, 0.15) is 0 Å². The highest BCUT2D eigenvalue weighted by atomic mass is 15.4. The molecule has 1 atom stereocenters. The summed E-state index contributed by atoms with van der Waals surface area (Å²) >= 11 is 0. The van der Waals surface area contributed by atoms with Gasteiger partial charge in [0.05, 0.1) is 6.20 Å². The Labute approximate surface area is 131 Å². The molecule has 5 nitrogen and oxygen atoms in total. The molecule has 0 saturated carbocycles. The molecule has 22 heavy (non-hydrogen) atoms. The van der Waals surface area contributed by atoms with Gasteiger partial charge in [-0.2, -0.15) is 10.1 Å². The largest absolute Gasteiger partial charge is 0.369 e. The first-order valence-electron chi connectivity index (χ1n) is 7.96. The second-order valence-electron chi connectivity index (χ2n) is 6.30. The molecule has 116 valence electrons. The van der Waals surface area contributed by atoms with E-state index in [0.717, 1.165) is 25.2 Å². The monoisotopic (exact) mass is 297 g/mol. The third-order valence-electron chi connectivity index (χ3n) is 4.00. The molecule has 1 aliphatic rings. The van der Waals surface area contributed by atoms with Crippen molar-refractivity contribution in [2.24, 2.45) is 5.92 Å². The number of nitrogens with zero attached hydrogens (tertiary/aromatic N) is 4. The van der Waals surface area contributed by atoms with Crippen LogP contribution in [-0.4, -0.2) is 27.8 Å². The summed E-state index contributed by atoms with van der Waals surface area (Å²) in [4.78, 5) is 6.82.